The average molecular weight is 260 g/mol. The van der Waals surface area contributed by atoms with E-state index >= 15 is 0 Å². The standard InChI is InChI=1S/C16H24N2O/c1-11-6-4-5-7-14(11)10-12(2)18-16(19)15-8-9-17-13(15)3/h4-7,12-13,15,17H,8-10H2,1-3H3,(H,18,19). The summed E-state index contributed by atoms with van der Waals surface area (Å²) in [6, 6.07) is 8.84. The molecule has 1 fully saturated rings. The van der Waals surface area contributed by atoms with Gasteiger partial charge in [0.2, 0.25) is 5.91 Å². The van der Waals surface area contributed by atoms with Crippen LogP contribution < -0.4 is 10.6 Å². The van der Waals surface area contributed by atoms with Gasteiger partial charge in [-0.15, -0.1) is 0 Å². The maximum absolute atomic E-state index is 12.2. The van der Waals surface area contributed by atoms with E-state index in [9.17, 15) is 4.79 Å². The average Bonchev–Trinajstić information content (AvgIpc) is 2.78. The van der Waals surface area contributed by atoms with Gasteiger partial charge in [-0.3, -0.25) is 4.79 Å². The van der Waals surface area contributed by atoms with Crippen LogP contribution in [-0.4, -0.2) is 24.5 Å². The molecule has 1 heterocycles. The van der Waals surface area contributed by atoms with Gasteiger partial charge in [0.15, 0.2) is 0 Å². The predicted molar refractivity (Wildman–Crippen MR) is 78.1 cm³/mol. The maximum atomic E-state index is 12.2. The summed E-state index contributed by atoms with van der Waals surface area (Å²) in [6.45, 7) is 7.24. The highest BCUT2D eigenvalue weighted by atomic mass is 16.2. The van der Waals surface area contributed by atoms with Crippen LogP contribution in [0.1, 0.15) is 31.4 Å². The fourth-order valence-electron chi connectivity index (χ4n) is 2.79. The van der Waals surface area contributed by atoms with Gasteiger partial charge in [-0.25, -0.2) is 0 Å². The molecule has 2 rings (SSSR count). The zero-order valence-corrected chi connectivity index (χ0v) is 12.1. The first kappa shape index (κ1) is 14.1. The minimum Gasteiger partial charge on any atom is -0.353 e. The van der Waals surface area contributed by atoms with Crippen molar-refractivity contribution < 1.29 is 4.79 Å². The molecule has 0 aromatic heterocycles. The molecule has 2 N–H and O–H groups in total. The van der Waals surface area contributed by atoms with Crippen LogP contribution in [-0.2, 0) is 11.2 Å². The Hall–Kier alpha value is -1.35. The third-order valence-corrected chi connectivity index (χ3v) is 4.04. The Kier molecular flexibility index (Phi) is 4.59. The van der Waals surface area contributed by atoms with E-state index in [1.54, 1.807) is 0 Å². The van der Waals surface area contributed by atoms with E-state index in [0.717, 1.165) is 19.4 Å². The Labute approximate surface area is 115 Å². The van der Waals surface area contributed by atoms with Crippen LogP contribution >= 0.6 is 0 Å². The number of rotatable bonds is 4. The van der Waals surface area contributed by atoms with Gasteiger partial charge < -0.3 is 10.6 Å². The third-order valence-electron chi connectivity index (χ3n) is 4.04. The molecule has 0 spiro atoms. The number of carbonyl (C=O) groups excluding carboxylic acids is 1. The molecule has 0 aliphatic carbocycles. The first-order valence-corrected chi connectivity index (χ1v) is 7.16. The highest BCUT2D eigenvalue weighted by Crippen LogP contribution is 2.16. The summed E-state index contributed by atoms with van der Waals surface area (Å²) in [7, 11) is 0. The van der Waals surface area contributed by atoms with Crippen LogP contribution in [0.3, 0.4) is 0 Å². The monoisotopic (exact) mass is 260 g/mol. The number of hydrogen-bond donors (Lipinski definition) is 2. The molecule has 1 saturated heterocycles. The molecule has 0 saturated carbocycles. The number of aryl methyl sites for hydroxylation is 1. The Bertz CT molecular complexity index is 444. The van der Waals surface area contributed by atoms with E-state index in [2.05, 4.69) is 49.6 Å². The summed E-state index contributed by atoms with van der Waals surface area (Å²) in [6.07, 6.45) is 1.84. The van der Waals surface area contributed by atoms with E-state index in [1.165, 1.54) is 11.1 Å². The van der Waals surface area contributed by atoms with Crippen LogP contribution in [0, 0.1) is 12.8 Å². The first-order valence-electron chi connectivity index (χ1n) is 7.16. The van der Waals surface area contributed by atoms with Crippen LogP contribution in [0.15, 0.2) is 24.3 Å². The van der Waals surface area contributed by atoms with Crippen molar-refractivity contribution in [1.29, 1.82) is 0 Å². The molecule has 0 radical (unpaired) electrons. The fourth-order valence-corrected chi connectivity index (χ4v) is 2.79. The molecule has 1 aliphatic heterocycles. The molecule has 3 heteroatoms. The van der Waals surface area contributed by atoms with Crippen LogP contribution in [0.2, 0.25) is 0 Å². The van der Waals surface area contributed by atoms with E-state index in [0.29, 0.717) is 6.04 Å². The quantitative estimate of drug-likeness (QED) is 0.870. The van der Waals surface area contributed by atoms with E-state index in [4.69, 9.17) is 0 Å². The molecular weight excluding hydrogens is 236 g/mol. The summed E-state index contributed by atoms with van der Waals surface area (Å²) < 4.78 is 0. The van der Waals surface area contributed by atoms with Crippen molar-refractivity contribution in [2.24, 2.45) is 5.92 Å². The van der Waals surface area contributed by atoms with Crippen LogP contribution in [0.25, 0.3) is 0 Å². The molecule has 19 heavy (non-hydrogen) atoms. The molecule has 1 aromatic rings. The van der Waals surface area contributed by atoms with Gasteiger partial charge >= 0.3 is 0 Å². The molecular formula is C16H24N2O. The predicted octanol–water partition coefficient (Wildman–Crippen LogP) is 2.04. The lowest BCUT2D eigenvalue weighted by Gasteiger charge is -2.20. The molecule has 1 amide bonds. The van der Waals surface area contributed by atoms with Crippen molar-refractivity contribution in [2.45, 2.75) is 45.7 Å². The molecule has 0 bridgehead atoms. The number of hydrogen-bond acceptors (Lipinski definition) is 2. The number of carbonyl (C=O) groups is 1. The number of nitrogens with one attached hydrogen (secondary N) is 2. The highest BCUT2D eigenvalue weighted by Gasteiger charge is 2.29. The van der Waals surface area contributed by atoms with Crippen molar-refractivity contribution in [1.82, 2.24) is 10.6 Å². The van der Waals surface area contributed by atoms with E-state index < -0.39 is 0 Å². The second kappa shape index (κ2) is 6.20. The Balaban J connectivity index is 1.89. The number of benzene rings is 1. The smallest absolute Gasteiger partial charge is 0.224 e. The Morgan fingerprint density at radius 2 is 2.21 bits per heavy atom. The van der Waals surface area contributed by atoms with Crippen molar-refractivity contribution >= 4 is 5.91 Å². The minimum absolute atomic E-state index is 0.124. The van der Waals surface area contributed by atoms with Gasteiger partial charge in [0, 0.05) is 12.1 Å². The molecule has 3 unspecified atom stereocenters. The van der Waals surface area contributed by atoms with Gasteiger partial charge in [-0.05, 0) is 51.3 Å². The van der Waals surface area contributed by atoms with Gasteiger partial charge in [0.25, 0.3) is 0 Å². The summed E-state index contributed by atoms with van der Waals surface area (Å²) in [5.41, 5.74) is 2.60. The topological polar surface area (TPSA) is 41.1 Å². The summed E-state index contributed by atoms with van der Waals surface area (Å²) in [5.74, 6) is 0.318. The molecule has 1 aromatic carbocycles. The lowest BCUT2D eigenvalue weighted by Crippen LogP contribution is -2.41. The van der Waals surface area contributed by atoms with Crippen LogP contribution in [0.5, 0.6) is 0 Å². The highest BCUT2D eigenvalue weighted by molar-refractivity contribution is 5.80. The SMILES string of the molecule is Cc1ccccc1CC(C)NC(=O)C1CCNC1C. The lowest BCUT2D eigenvalue weighted by molar-refractivity contribution is -0.125. The van der Waals surface area contributed by atoms with E-state index in [1.807, 2.05) is 6.07 Å². The van der Waals surface area contributed by atoms with Gasteiger partial charge in [-0.1, -0.05) is 24.3 Å². The third kappa shape index (κ3) is 3.57. The second-order valence-corrected chi connectivity index (χ2v) is 5.68. The molecule has 3 nitrogen and oxygen atoms in total. The second-order valence-electron chi connectivity index (χ2n) is 5.68. The summed E-state index contributed by atoms with van der Waals surface area (Å²) >= 11 is 0. The molecule has 3 atom stereocenters. The maximum Gasteiger partial charge on any atom is 0.224 e. The Morgan fingerprint density at radius 1 is 1.47 bits per heavy atom. The summed E-state index contributed by atoms with van der Waals surface area (Å²) in [4.78, 5) is 12.2. The van der Waals surface area contributed by atoms with Crippen molar-refractivity contribution in [2.75, 3.05) is 6.54 Å². The normalized spacial score (nSPS) is 24.2. The van der Waals surface area contributed by atoms with E-state index in [-0.39, 0.29) is 17.9 Å². The van der Waals surface area contributed by atoms with Gasteiger partial charge in [0.05, 0.1) is 5.92 Å². The molecule has 104 valence electrons. The molecule has 1 aliphatic rings. The van der Waals surface area contributed by atoms with Gasteiger partial charge in [-0.2, -0.15) is 0 Å². The van der Waals surface area contributed by atoms with Crippen molar-refractivity contribution in [3.63, 3.8) is 0 Å². The van der Waals surface area contributed by atoms with Crippen LogP contribution in [0.4, 0.5) is 0 Å². The zero-order valence-electron chi connectivity index (χ0n) is 12.1. The Morgan fingerprint density at radius 3 is 2.84 bits per heavy atom. The zero-order chi connectivity index (χ0) is 13.8. The first-order chi connectivity index (χ1) is 9.08. The largest absolute Gasteiger partial charge is 0.353 e. The van der Waals surface area contributed by atoms with Gasteiger partial charge in [0.1, 0.15) is 0 Å². The fraction of sp³-hybridized carbons (Fsp3) is 0.562. The number of amides is 1. The summed E-state index contributed by atoms with van der Waals surface area (Å²) in [5, 5.41) is 6.47. The lowest BCUT2D eigenvalue weighted by atomic mass is 9.99. The minimum atomic E-state index is 0.124. The van der Waals surface area contributed by atoms with Crippen molar-refractivity contribution in [3.05, 3.63) is 35.4 Å². The van der Waals surface area contributed by atoms with Crippen molar-refractivity contribution in [3.8, 4) is 0 Å².